The van der Waals surface area contributed by atoms with Crippen molar-refractivity contribution in [2.45, 2.75) is 13.0 Å². The number of aryl methyl sites for hydroxylation is 1. The van der Waals surface area contributed by atoms with Crippen LogP contribution in [0.3, 0.4) is 0 Å². The maximum absolute atomic E-state index is 15.3. The summed E-state index contributed by atoms with van der Waals surface area (Å²) in [5.41, 5.74) is 5.83. The first-order valence-corrected chi connectivity index (χ1v) is 13.5. The zero-order chi connectivity index (χ0) is 26.0. The first kappa shape index (κ1) is 24.0. The van der Waals surface area contributed by atoms with Crippen LogP contribution in [0.15, 0.2) is 140 Å². The van der Waals surface area contributed by atoms with Gasteiger partial charge < -0.3 is 0 Å². The summed E-state index contributed by atoms with van der Waals surface area (Å²) in [5.74, 6) is -0.0549. The van der Waals surface area contributed by atoms with Crippen LogP contribution in [-0.2, 0) is 0 Å². The van der Waals surface area contributed by atoms with Crippen molar-refractivity contribution in [3.05, 3.63) is 161 Å². The third-order valence-corrected chi connectivity index (χ3v) is 8.08. The lowest BCUT2D eigenvalue weighted by atomic mass is 9.92. The molecule has 184 valence electrons. The molecule has 4 heteroatoms. The molecular weight excluding hydrogens is 484 g/mol. The van der Waals surface area contributed by atoms with Crippen molar-refractivity contribution < 1.29 is 4.79 Å². The third kappa shape index (κ3) is 4.04. The van der Waals surface area contributed by atoms with Gasteiger partial charge in [0.1, 0.15) is 11.4 Å². The summed E-state index contributed by atoms with van der Waals surface area (Å²) < 4.78 is 0.970. The molecule has 0 atom stereocenters. The molecule has 1 aromatic heterocycles. The van der Waals surface area contributed by atoms with Gasteiger partial charge in [-0.3, -0.25) is 0 Å². The molecule has 38 heavy (non-hydrogen) atoms. The van der Waals surface area contributed by atoms with Crippen LogP contribution in [0.1, 0.15) is 32.5 Å². The Morgan fingerprint density at radius 1 is 0.632 bits per heavy atom. The fraction of sp³-hybridized carbons (Fsp3) is 0.0588. The Morgan fingerprint density at radius 3 is 1.58 bits per heavy atom. The van der Waals surface area contributed by atoms with E-state index in [1.807, 2.05) is 97.9 Å². The average Bonchev–Trinajstić information content (AvgIpc) is 3.43. The number of thiazole rings is 1. The zero-order valence-electron chi connectivity index (χ0n) is 21.1. The molecule has 0 saturated heterocycles. The second kappa shape index (κ2) is 10.2. The van der Waals surface area contributed by atoms with Crippen molar-refractivity contribution in [2.75, 3.05) is 0 Å². The van der Waals surface area contributed by atoms with Crippen LogP contribution in [0.25, 0.3) is 10.2 Å². The van der Waals surface area contributed by atoms with E-state index in [-0.39, 0.29) is 16.4 Å². The number of carbonyl (C=O) groups excluding carboxylic acids is 1. The van der Waals surface area contributed by atoms with Crippen LogP contribution in [0, 0.1) is 6.92 Å². The van der Waals surface area contributed by atoms with Gasteiger partial charge in [0.05, 0.1) is 10.2 Å². The second-order valence-corrected chi connectivity index (χ2v) is 10.4. The number of hydrogen-bond acceptors (Lipinski definition) is 3. The monoisotopic (exact) mass is 511 g/mol. The van der Waals surface area contributed by atoms with Crippen molar-refractivity contribution in [3.63, 3.8) is 0 Å². The largest absolute Gasteiger partial charge is 0.385 e. The molecule has 0 fully saturated rings. The summed E-state index contributed by atoms with van der Waals surface area (Å²) in [7, 11) is 0. The minimum absolute atomic E-state index is 0.0470. The lowest BCUT2D eigenvalue weighted by molar-refractivity contribution is 0.0803. The Kier molecular flexibility index (Phi) is 6.42. The first-order chi connectivity index (χ1) is 18.7. The van der Waals surface area contributed by atoms with Crippen LogP contribution in [0.4, 0.5) is 11.4 Å². The molecular formula is C34H27N2OS+. The molecule has 6 rings (SSSR count). The van der Waals surface area contributed by atoms with Crippen LogP contribution < -0.4 is 4.48 Å². The molecule has 5 aromatic carbocycles. The first-order valence-electron chi connectivity index (χ1n) is 12.7. The fourth-order valence-electron chi connectivity index (χ4n) is 5.36. The van der Waals surface area contributed by atoms with Gasteiger partial charge in [0.15, 0.2) is 6.04 Å². The number of hydrogen-bond donors (Lipinski definition) is 0. The van der Waals surface area contributed by atoms with Gasteiger partial charge in [-0.15, -0.1) is 11.3 Å². The number of fused-ring (bicyclic) bond motifs is 1. The number of amides is 1. The molecule has 0 unspecified atom stereocenters. The summed E-state index contributed by atoms with van der Waals surface area (Å²) in [6.45, 7) is 2.05. The molecule has 1 heterocycles. The maximum atomic E-state index is 15.3. The number of nitrogens with zero attached hydrogens (tertiary/aromatic N) is 2. The predicted octanol–water partition coefficient (Wildman–Crippen LogP) is 8.87. The summed E-state index contributed by atoms with van der Waals surface area (Å²) >= 11 is 1.47. The molecule has 0 aliphatic carbocycles. The predicted molar refractivity (Wildman–Crippen MR) is 158 cm³/mol. The Balaban J connectivity index is 1.74. The fourth-order valence-corrected chi connectivity index (χ4v) is 6.39. The Labute approximate surface area is 226 Å². The highest BCUT2D eigenvalue weighted by Gasteiger charge is 2.52. The van der Waals surface area contributed by atoms with Crippen LogP contribution in [0.2, 0.25) is 0 Å². The van der Waals surface area contributed by atoms with E-state index in [0.29, 0.717) is 5.01 Å². The van der Waals surface area contributed by atoms with Gasteiger partial charge in [-0.2, -0.15) is 4.48 Å². The zero-order valence-corrected chi connectivity index (χ0v) is 21.9. The quantitative estimate of drug-likeness (QED) is 0.209. The molecule has 0 N–H and O–H groups in total. The highest BCUT2D eigenvalue weighted by Crippen LogP contribution is 2.49. The molecule has 6 aromatic rings. The molecule has 0 saturated carbocycles. The number of rotatable bonds is 6. The molecule has 0 bridgehead atoms. The molecule has 0 spiro atoms. The maximum Gasteiger partial charge on any atom is 0.385 e. The van der Waals surface area contributed by atoms with Gasteiger partial charge in [0.25, 0.3) is 0 Å². The van der Waals surface area contributed by atoms with Crippen molar-refractivity contribution in [2.24, 2.45) is 0 Å². The van der Waals surface area contributed by atoms with Gasteiger partial charge in [-0.1, -0.05) is 109 Å². The van der Waals surface area contributed by atoms with Crippen LogP contribution >= 0.6 is 11.3 Å². The Morgan fingerprint density at radius 2 is 1.11 bits per heavy atom. The lowest BCUT2D eigenvalue weighted by Crippen LogP contribution is -2.52. The Bertz CT molecular complexity index is 1600. The Hall–Kier alpha value is -4.38. The third-order valence-electron chi connectivity index (χ3n) is 7.07. The number of para-hydroxylation sites is 3. The van der Waals surface area contributed by atoms with Gasteiger partial charge in [-0.25, -0.2) is 9.78 Å². The minimum Gasteiger partial charge on any atom is -0.227 e. The van der Waals surface area contributed by atoms with Crippen molar-refractivity contribution >= 4 is 38.8 Å². The van der Waals surface area contributed by atoms with Crippen molar-refractivity contribution in [3.8, 4) is 0 Å². The summed E-state index contributed by atoms with van der Waals surface area (Å²) in [5, 5.41) is 0.499. The van der Waals surface area contributed by atoms with Crippen molar-refractivity contribution in [1.82, 2.24) is 9.47 Å². The standard InChI is InChI=1S/C34H27N2OS/c1-25-15-14-24-30-31(25)35-33(38-30)34(37)36(28-20-10-4-11-21-28,29-22-12-5-13-23-29)32(26-16-6-2-7-17-26)27-18-8-3-9-19-27/h2-24,32H,1H3/q+1. The number of aromatic nitrogens is 1. The molecule has 0 radical (unpaired) electrons. The van der Waals surface area contributed by atoms with Crippen LogP contribution in [-0.4, -0.2) is 10.9 Å². The highest BCUT2D eigenvalue weighted by atomic mass is 32.1. The van der Waals surface area contributed by atoms with E-state index in [1.165, 1.54) is 11.3 Å². The number of quaternary nitrogens is 1. The van der Waals surface area contributed by atoms with E-state index in [0.717, 1.165) is 38.3 Å². The van der Waals surface area contributed by atoms with Gasteiger partial charge >= 0.3 is 5.91 Å². The van der Waals surface area contributed by atoms with Crippen LogP contribution in [0.5, 0.6) is 0 Å². The SMILES string of the molecule is Cc1cccc2sc(C(=O)[N+](c3ccccc3)(c3ccccc3)C(c3ccccc3)c3ccccc3)nc12. The average molecular weight is 512 g/mol. The molecule has 3 nitrogen and oxygen atoms in total. The number of carbonyl (C=O) groups is 1. The topological polar surface area (TPSA) is 30.0 Å². The molecule has 0 aliphatic heterocycles. The summed E-state index contributed by atoms with van der Waals surface area (Å²) in [6, 6.07) is 46.7. The highest BCUT2D eigenvalue weighted by molar-refractivity contribution is 7.20. The number of benzene rings is 5. The van der Waals surface area contributed by atoms with Crippen molar-refractivity contribution in [1.29, 1.82) is 0 Å². The van der Waals surface area contributed by atoms with E-state index >= 15 is 4.79 Å². The molecule has 1 amide bonds. The minimum atomic E-state index is -0.345. The van der Waals surface area contributed by atoms with E-state index in [2.05, 4.69) is 48.5 Å². The second-order valence-electron chi connectivity index (χ2n) is 9.36. The van der Waals surface area contributed by atoms with E-state index in [4.69, 9.17) is 4.98 Å². The van der Waals surface area contributed by atoms with Gasteiger partial charge in [0, 0.05) is 35.4 Å². The van der Waals surface area contributed by atoms with E-state index in [1.54, 1.807) is 0 Å². The van der Waals surface area contributed by atoms with Gasteiger partial charge in [0.2, 0.25) is 5.01 Å². The van der Waals surface area contributed by atoms with E-state index < -0.39 is 0 Å². The smallest absolute Gasteiger partial charge is 0.227 e. The molecule has 0 aliphatic rings. The normalized spacial score (nSPS) is 11.6. The van der Waals surface area contributed by atoms with E-state index in [9.17, 15) is 0 Å². The summed E-state index contributed by atoms with van der Waals surface area (Å²) in [6.07, 6.45) is 0. The lowest BCUT2D eigenvalue weighted by Gasteiger charge is -2.41. The van der Waals surface area contributed by atoms with Gasteiger partial charge in [-0.05, 0) is 18.6 Å². The summed E-state index contributed by atoms with van der Waals surface area (Å²) in [4.78, 5) is 20.2.